The number of nitro groups is 1. The van der Waals surface area contributed by atoms with E-state index in [0.29, 0.717) is 5.69 Å². The summed E-state index contributed by atoms with van der Waals surface area (Å²) < 4.78 is 0. The van der Waals surface area contributed by atoms with Crippen molar-refractivity contribution in [3.05, 3.63) is 33.9 Å². The first kappa shape index (κ1) is 14.7. The fraction of sp³-hybridized carbons (Fsp3) is 0.364. The topological polar surface area (TPSA) is 125 Å². The average molecular weight is 268 g/mol. The van der Waals surface area contributed by atoms with Crippen molar-refractivity contribution in [2.45, 2.75) is 13.0 Å². The van der Waals surface area contributed by atoms with Crippen LogP contribution in [0.4, 0.5) is 11.4 Å². The first-order valence-electron chi connectivity index (χ1n) is 5.52. The van der Waals surface area contributed by atoms with E-state index >= 15 is 0 Å². The molecule has 0 radical (unpaired) electrons. The molecule has 0 saturated carbocycles. The lowest BCUT2D eigenvalue weighted by atomic mass is 10.1. The minimum Gasteiger partial charge on any atom is -0.409 e. The maximum Gasteiger partial charge on any atom is 0.270 e. The number of hydrogen-bond donors (Lipinski definition) is 3. The fourth-order valence-electron chi connectivity index (χ4n) is 1.56. The number of rotatable bonds is 5. The molecule has 0 bridgehead atoms. The van der Waals surface area contributed by atoms with Gasteiger partial charge in [0.2, 0.25) is 0 Å². The van der Waals surface area contributed by atoms with Crippen LogP contribution in [-0.4, -0.2) is 40.8 Å². The summed E-state index contributed by atoms with van der Waals surface area (Å²) in [6, 6.07) is 3.83. The Kier molecular flexibility index (Phi) is 4.65. The first-order valence-corrected chi connectivity index (χ1v) is 5.52. The summed E-state index contributed by atoms with van der Waals surface area (Å²) in [5.41, 5.74) is 6.14. The predicted molar refractivity (Wildman–Crippen MR) is 70.6 cm³/mol. The molecule has 0 amide bonds. The summed E-state index contributed by atoms with van der Waals surface area (Å²) >= 11 is 0. The summed E-state index contributed by atoms with van der Waals surface area (Å²) in [7, 11) is 1.70. The second-order valence-corrected chi connectivity index (χ2v) is 4.09. The molecule has 19 heavy (non-hydrogen) atoms. The summed E-state index contributed by atoms with van der Waals surface area (Å²) in [6.45, 7) is 1.68. The lowest BCUT2D eigenvalue weighted by molar-refractivity contribution is -0.384. The van der Waals surface area contributed by atoms with Gasteiger partial charge in [0.25, 0.3) is 5.69 Å². The van der Waals surface area contributed by atoms with Crippen LogP contribution in [0.2, 0.25) is 0 Å². The number of aliphatic hydroxyl groups excluding tert-OH is 1. The Morgan fingerprint density at radius 3 is 2.74 bits per heavy atom. The van der Waals surface area contributed by atoms with Gasteiger partial charge in [0, 0.05) is 30.9 Å². The van der Waals surface area contributed by atoms with E-state index in [1.165, 1.54) is 18.2 Å². The van der Waals surface area contributed by atoms with E-state index in [1.54, 1.807) is 18.9 Å². The molecule has 0 aliphatic heterocycles. The maximum absolute atomic E-state index is 10.7. The molecule has 4 N–H and O–H groups in total. The zero-order valence-corrected chi connectivity index (χ0v) is 10.6. The van der Waals surface area contributed by atoms with E-state index in [1.807, 2.05) is 0 Å². The van der Waals surface area contributed by atoms with Crippen molar-refractivity contribution >= 4 is 17.2 Å². The third kappa shape index (κ3) is 3.10. The van der Waals surface area contributed by atoms with Crippen molar-refractivity contribution in [1.82, 2.24) is 0 Å². The molecule has 0 spiro atoms. The lowest BCUT2D eigenvalue weighted by Crippen LogP contribution is -2.33. The number of nitrogens with two attached hydrogens (primary N) is 1. The molecule has 104 valence electrons. The molecule has 0 aliphatic carbocycles. The Balaban J connectivity index is 3.35. The molecular weight excluding hydrogens is 252 g/mol. The van der Waals surface area contributed by atoms with Gasteiger partial charge in [-0.2, -0.15) is 0 Å². The number of amidine groups is 1. The summed E-state index contributed by atoms with van der Waals surface area (Å²) in [4.78, 5) is 11.9. The number of anilines is 1. The van der Waals surface area contributed by atoms with Crippen LogP contribution in [0.3, 0.4) is 0 Å². The fourth-order valence-corrected chi connectivity index (χ4v) is 1.56. The van der Waals surface area contributed by atoms with Gasteiger partial charge in [-0.1, -0.05) is 5.16 Å². The monoisotopic (exact) mass is 268 g/mol. The smallest absolute Gasteiger partial charge is 0.270 e. The van der Waals surface area contributed by atoms with E-state index in [0.717, 1.165) is 0 Å². The van der Waals surface area contributed by atoms with Crippen LogP contribution in [0.5, 0.6) is 0 Å². The number of benzene rings is 1. The molecule has 1 atom stereocenters. The van der Waals surface area contributed by atoms with E-state index in [2.05, 4.69) is 5.16 Å². The highest BCUT2D eigenvalue weighted by atomic mass is 16.6. The minimum absolute atomic E-state index is 0.0941. The molecule has 8 heteroatoms. The molecular formula is C11H16N4O4. The highest BCUT2D eigenvalue weighted by Gasteiger charge is 2.19. The van der Waals surface area contributed by atoms with Gasteiger partial charge in [-0.25, -0.2) is 0 Å². The van der Waals surface area contributed by atoms with Crippen LogP contribution in [0.15, 0.2) is 23.4 Å². The van der Waals surface area contributed by atoms with Gasteiger partial charge in [0.05, 0.1) is 17.1 Å². The first-order chi connectivity index (χ1) is 8.92. The van der Waals surface area contributed by atoms with Gasteiger partial charge in [0.1, 0.15) is 0 Å². The molecule has 1 aromatic rings. The second kappa shape index (κ2) is 6.01. The Hall–Kier alpha value is -2.35. The SMILES string of the molecule is CC(CO)N(C)c1ccc([N+](=O)[O-])cc1/C(N)=N/O. The molecule has 0 fully saturated rings. The number of likely N-dealkylation sites (N-methyl/N-ethyl adjacent to an activating group) is 1. The molecule has 1 unspecified atom stereocenters. The Morgan fingerprint density at radius 2 is 2.26 bits per heavy atom. The van der Waals surface area contributed by atoms with Gasteiger partial charge in [0.15, 0.2) is 5.84 Å². The van der Waals surface area contributed by atoms with Gasteiger partial charge >= 0.3 is 0 Å². The Bertz CT molecular complexity index is 503. The molecule has 1 aromatic carbocycles. The standard InChI is InChI=1S/C11H16N4O4/c1-7(6-16)14(2)10-4-3-8(15(18)19)5-9(10)11(12)13-17/h3-5,7,16-17H,6H2,1-2H3,(H2,12,13). The summed E-state index contributed by atoms with van der Waals surface area (Å²) in [6.07, 6.45) is 0. The predicted octanol–water partition coefficient (Wildman–Crippen LogP) is 0.506. The minimum atomic E-state index is -0.562. The number of non-ortho nitro benzene ring substituents is 1. The summed E-state index contributed by atoms with van der Waals surface area (Å²) in [5.74, 6) is -0.226. The number of nitro benzene ring substituents is 1. The molecule has 0 saturated heterocycles. The Labute approximate surface area is 109 Å². The molecule has 0 heterocycles. The quantitative estimate of drug-likeness (QED) is 0.235. The van der Waals surface area contributed by atoms with Crippen molar-refractivity contribution < 1.29 is 15.2 Å². The Morgan fingerprint density at radius 1 is 1.63 bits per heavy atom. The van der Waals surface area contributed by atoms with Crippen LogP contribution in [0, 0.1) is 10.1 Å². The molecule has 8 nitrogen and oxygen atoms in total. The van der Waals surface area contributed by atoms with Crippen molar-refractivity contribution in [2.75, 3.05) is 18.6 Å². The van der Waals surface area contributed by atoms with Crippen LogP contribution in [0.1, 0.15) is 12.5 Å². The van der Waals surface area contributed by atoms with Crippen molar-refractivity contribution in [1.29, 1.82) is 0 Å². The van der Waals surface area contributed by atoms with E-state index in [9.17, 15) is 10.1 Å². The second-order valence-electron chi connectivity index (χ2n) is 4.09. The average Bonchev–Trinajstić information content (AvgIpc) is 2.43. The normalized spacial score (nSPS) is 13.1. The number of nitrogens with zero attached hydrogens (tertiary/aromatic N) is 3. The summed E-state index contributed by atoms with van der Waals surface area (Å²) in [5, 5.41) is 31.5. The van der Waals surface area contributed by atoms with Crippen LogP contribution in [-0.2, 0) is 0 Å². The molecule has 1 rings (SSSR count). The van der Waals surface area contributed by atoms with Gasteiger partial charge < -0.3 is 20.9 Å². The lowest BCUT2D eigenvalue weighted by Gasteiger charge is -2.27. The van der Waals surface area contributed by atoms with E-state index < -0.39 is 4.92 Å². The van der Waals surface area contributed by atoms with Crippen molar-refractivity contribution in [2.24, 2.45) is 10.9 Å². The zero-order chi connectivity index (χ0) is 14.6. The van der Waals surface area contributed by atoms with E-state index in [-0.39, 0.29) is 29.7 Å². The van der Waals surface area contributed by atoms with Crippen LogP contribution < -0.4 is 10.6 Å². The molecule has 0 aliphatic rings. The third-order valence-electron chi connectivity index (χ3n) is 2.88. The van der Waals surface area contributed by atoms with E-state index in [4.69, 9.17) is 16.0 Å². The van der Waals surface area contributed by atoms with Crippen molar-refractivity contribution in [3.63, 3.8) is 0 Å². The number of hydrogen-bond acceptors (Lipinski definition) is 6. The maximum atomic E-state index is 10.7. The number of oxime groups is 1. The van der Waals surface area contributed by atoms with Gasteiger partial charge in [-0.05, 0) is 13.0 Å². The van der Waals surface area contributed by atoms with Crippen LogP contribution >= 0.6 is 0 Å². The molecule has 0 aromatic heterocycles. The van der Waals surface area contributed by atoms with Gasteiger partial charge in [-0.15, -0.1) is 0 Å². The highest BCUT2D eigenvalue weighted by molar-refractivity contribution is 6.02. The highest BCUT2D eigenvalue weighted by Crippen LogP contribution is 2.25. The number of aliphatic hydroxyl groups is 1. The van der Waals surface area contributed by atoms with Crippen LogP contribution in [0.25, 0.3) is 0 Å². The largest absolute Gasteiger partial charge is 0.409 e. The van der Waals surface area contributed by atoms with Crippen molar-refractivity contribution in [3.8, 4) is 0 Å². The van der Waals surface area contributed by atoms with Gasteiger partial charge in [-0.3, -0.25) is 10.1 Å². The zero-order valence-electron chi connectivity index (χ0n) is 10.6. The third-order valence-corrected chi connectivity index (χ3v) is 2.88.